The van der Waals surface area contributed by atoms with Gasteiger partial charge in [0.05, 0.1) is 11.6 Å². The summed E-state index contributed by atoms with van der Waals surface area (Å²) in [6.07, 6.45) is 2.78. The van der Waals surface area contributed by atoms with Crippen molar-refractivity contribution in [1.82, 2.24) is 15.6 Å². The fourth-order valence-electron chi connectivity index (χ4n) is 1.08. The molecule has 1 heterocycles. The van der Waals surface area contributed by atoms with E-state index in [1.54, 1.807) is 16.8 Å². The molecule has 4 nitrogen and oxygen atoms in total. The lowest BCUT2D eigenvalue weighted by Gasteiger charge is -2.12. The minimum atomic E-state index is -0.154. The SMILES string of the molecule is CCCNC(=O)C(C)NCc1cncs1. The quantitative estimate of drug-likeness (QED) is 0.766. The number of nitrogens with zero attached hydrogens (tertiary/aromatic N) is 1. The predicted octanol–water partition coefficient (Wildman–Crippen LogP) is 1.15. The molecular formula is C10H17N3OS. The Bertz CT molecular complexity index is 287. The Hall–Kier alpha value is -0.940. The van der Waals surface area contributed by atoms with Crippen LogP contribution in [-0.2, 0) is 11.3 Å². The molecule has 1 amide bonds. The summed E-state index contributed by atoms with van der Waals surface area (Å²) in [5, 5.41) is 6.00. The van der Waals surface area contributed by atoms with Crippen molar-refractivity contribution in [3.05, 3.63) is 16.6 Å². The molecule has 1 rings (SSSR count). The minimum Gasteiger partial charge on any atom is -0.355 e. The molecule has 0 saturated carbocycles. The fourth-order valence-corrected chi connectivity index (χ4v) is 1.62. The molecule has 84 valence electrons. The molecule has 5 heteroatoms. The zero-order valence-corrected chi connectivity index (χ0v) is 9.93. The van der Waals surface area contributed by atoms with Crippen LogP contribution < -0.4 is 10.6 Å². The molecule has 0 saturated heterocycles. The van der Waals surface area contributed by atoms with E-state index in [0.29, 0.717) is 6.54 Å². The molecule has 1 aromatic heterocycles. The van der Waals surface area contributed by atoms with Crippen molar-refractivity contribution in [3.8, 4) is 0 Å². The van der Waals surface area contributed by atoms with Gasteiger partial charge in [0.1, 0.15) is 0 Å². The zero-order chi connectivity index (χ0) is 11.1. The molecule has 0 aliphatic heterocycles. The summed E-state index contributed by atoms with van der Waals surface area (Å²) in [4.78, 5) is 16.6. The molecule has 1 atom stereocenters. The van der Waals surface area contributed by atoms with E-state index in [1.807, 2.05) is 20.0 Å². The Balaban J connectivity index is 2.23. The van der Waals surface area contributed by atoms with Gasteiger partial charge in [-0.1, -0.05) is 6.92 Å². The number of thiazole rings is 1. The maximum Gasteiger partial charge on any atom is 0.236 e. The molecule has 1 aromatic rings. The molecule has 0 bridgehead atoms. The van der Waals surface area contributed by atoms with Crippen molar-refractivity contribution in [3.63, 3.8) is 0 Å². The van der Waals surface area contributed by atoms with Gasteiger partial charge in [-0.2, -0.15) is 0 Å². The average molecular weight is 227 g/mol. The van der Waals surface area contributed by atoms with Gasteiger partial charge in [0.15, 0.2) is 0 Å². The van der Waals surface area contributed by atoms with Gasteiger partial charge in [-0.15, -0.1) is 11.3 Å². The number of aromatic nitrogens is 1. The third-order valence-electron chi connectivity index (χ3n) is 2.01. The van der Waals surface area contributed by atoms with E-state index in [-0.39, 0.29) is 11.9 Å². The summed E-state index contributed by atoms with van der Waals surface area (Å²) in [7, 11) is 0. The van der Waals surface area contributed by atoms with Crippen LogP contribution in [0.1, 0.15) is 25.1 Å². The summed E-state index contributed by atoms with van der Waals surface area (Å²) in [5.74, 6) is 0.0568. The Labute approximate surface area is 94.1 Å². The Kier molecular flexibility index (Phi) is 5.28. The van der Waals surface area contributed by atoms with Crippen LogP contribution in [0.15, 0.2) is 11.7 Å². The summed E-state index contributed by atoms with van der Waals surface area (Å²) >= 11 is 1.59. The third kappa shape index (κ3) is 4.40. The Morgan fingerprint density at radius 3 is 3.07 bits per heavy atom. The van der Waals surface area contributed by atoms with E-state index >= 15 is 0 Å². The van der Waals surface area contributed by atoms with Gasteiger partial charge < -0.3 is 10.6 Å². The van der Waals surface area contributed by atoms with E-state index in [1.165, 1.54) is 0 Å². The summed E-state index contributed by atoms with van der Waals surface area (Å²) in [6, 6.07) is -0.154. The lowest BCUT2D eigenvalue weighted by molar-refractivity contribution is -0.122. The van der Waals surface area contributed by atoms with Crippen LogP contribution >= 0.6 is 11.3 Å². The summed E-state index contributed by atoms with van der Waals surface area (Å²) < 4.78 is 0. The molecule has 0 aliphatic carbocycles. The van der Waals surface area contributed by atoms with Gasteiger partial charge in [-0.05, 0) is 13.3 Å². The van der Waals surface area contributed by atoms with Gasteiger partial charge in [-0.3, -0.25) is 9.78 Å². The highest BCUT2D eigenvalue weighted by atomic mass is 32.1. The number of hydrogen-bond donors (Lipinski definition) is 2. The normalized spacial score (nSPS) is 12.4. The topological polar surface area (TPSA) is 54.0 Å². The second-order valence-corrected chi connectivity index (χ2v) is 4.33. The van der Waals surface area contributed by atoms with Crippen molar-refractivity contribution in [2.75, 3.05) is 6.54 Å². The lowest BCUT2D eigenvalue weighted by atomic mass is 10.3. The standard InChI is InChI=1S/C10H17N3OS/c1-3-4-12-10(14)8(2)13-6-9-5-11-7-15-9/h5,7-8,13H,3-4,6H2,1-2H3,(H,12,14). The highest BCUT2D eigenvalue weighted by Crippen LogP contribution is 2.04. The summed E-state index contributed by atoms with van der Waals surface area (Å²) in [6.45, 7) is 5.35. The van der Waals surface area contributed by atoms with E-state index < -0.39 is 0 Å². The van der Waals surface area contributed by atoms with Gasteiger partial charge in [0.2, 0.25) is 5.91 Å². The Morgan fingerprint density at radius 2 is 2.47 bits per heavy atom. The Morgan fingerprint density at radius 1 is 1.67 bits per heavy atom. The molecule has 0 aromatic carbocycles. The van der Waals surface area contributed by atoms with Crippen molar-refractivity contribution in [1.29, 1.82) is 0 Å². The van der Waals surface area contributed by atoms with Crippen LogP contribution in [0.2, 0.25) is 0 Å². The molecule has 2 N–H and O–H groups in total. The average Bonchev–Trinajstić information content (AvgIpc) is 2.75. The van der Waals surface area contributed by atoms with Crippen molar-refractivity contribution in [2.24, 2.45) is 0 Å². The van der Waals surface area contributed by atoms with Crippen LogP contribution in [-0.4, -0.2) is 23.5 Å². The minimum absolute atomic E-state index is 0.0568. The van der Waals surface area contributed by atoms with Crippen molar-refractivity contribution < 1.29 is 4.79 Å². The number of carbonyl (C=O) groups is 1. The molecule has 0 radical (unpaired) electrons. The molecule has 0 fully saturated rings. The van der Waals surface area contributed by atoms with Gasteiger partial charge >= 0.3 is 0 Å². The lowest BCUT2D eigenvalue weighted by Crippen LogP contribution is -2.41. The first-order valence-electron chi connectivity index (χ1n) is 5.12. The maximum atomic E-state index is 11.5. The molecule has 15 heavy (non-hydrogen) atoms. The molecule has 0 spiro atoms. The number of nitrogens with one attached hydrogen (secondary N) is 2. The van der Waals surface area contributed by atoms with E-state index in [9.17, 15) is 4.79 Å². The number of rotatable bonds is 6. The fraction of sp³-hybridized carbons (Fsp3) is 0.600. The monoisotopic (exact) mass is 227 g/mol. The highest BCUT2D eigenvalue weighted by molar-refractivity contribution is 7.09. The maximum absolute atomic E-state index is 11.5. The first-order chi connectivity index (χ1) is 7.24. The number of carbonyl (C=O) groups excluding carboxylic acids is 1. The first kappa shape index (κ1) is 12.1. The van der Waals surface area contributed by atoms with Crippen molar-refractivity contribution in [2.45, 2.75) is 32.9 Å². The zero-order valence-electron chi connectivity index (χ0n) is 9.12. The predicted molar refractivity (Wildman–Crippen MR) is 61.7 cm³/mol. The first-order valence-corrected chi connectivity index (χ1v) is 6.00. The van der Waals surface area contributed by atoms with Gasteiger partial charge in [-0.25, -0.2) is 0 Å². The summed E-state index contributed by atoms with van der Waals surface area (Å²) in [5.41, 5.74) is 1.79. The molecule has 1 unspecified atom stereocenters. The van der Waals surface area contributed by atoms with E-state index in [0.717, 1.165) is 17.8 Å². The van der Waals surface area contributed by atoms with E-state index in [2.05, 4.69) is 15.6 Å². The smallest absolute Gasteiger partial charge is 0.236 e. The van der Waals surface area contributed by atoms with Crippen LogP contribution in [0, 0.1) is 0 Å². The number of amides is 1. The van der Waals surface area contributed by atoms with Crippen LogP contribution in [0.5, 0.6) is 0 Å². The molecule has 0 aliphatic rings. The van der Waals surface area contributed by atoms with Crippen LogP contribution in [0.3, 0.4) is 0 Å². The van der Waals surface area contributed by atoms with Crippen molar-refractivity contribution >= 4 is 17.2 Å². The largest absolute Gasteiger partial charge is 0.355 e. The van der Waals surface area contributed by atoms with Gasteiger partial charge in [0.25, 0.3) is 0 Å². The van der Waals surface area contributed by atoms with Crippen LogP contribution in [0.4, 0.5) is 0 Å². The highest BCUT2D eigenvalue weighted by Gasteiger charge is 2.10. The molecular weight excluding hydrogens is 210 g/mol. The second kappa shape index (κ2) is 6.53. The van der Waals surface area contributed by atoms with E-state index in [4.69, 9.17) is 0 Å². The second-order valence-electron chi connectivity index (χ2n) is 3.36. The van der Waals surface area contributed by atoms with Gasteiger partial charge in [0, 0.05) is 24.2 Å². The third-order valence-corrected chi connectivity index (χ3v) is 2.79. The number of hydrogen-bond acceptors (Lipinski definition) is 4. The van der Waals surface area contributed by atoms with Crippen LogP contribution in [0.25, 0.3) is 0 Å².